The van der Waals surface area contributed by atoms with Crippen molar-refractivity contribution in [1.29, 1.82) is 0 Å². The van der Waals surface area contributed by atoms with Gasteiger partial charge in [-0.25, -0.2) is 0 Å². The highest BCUT2D eigenvalue weighted by molar-refractivity contribution is 5.89. The molecule has 2 amide bonds. The summed E-state index contributed by atoms with van der Waals surface area (Å²) in [6.07, 6.45) is 0.844. The van der Waals surface area contributed by atoms with Crippen LogP contribution in [0.4, 0.5) is 0 Å². The zero-order valence-corrected chi connectivity index (χ0v) is 15.8. The molecule has 3 aromatic rings. The number of carbonyl (C=O) groups excluding carboxylic acids is 3. The predicted octanol–water partition coefficient (Wildman–Crippen LogP) is 1.24. The SMILES string of the molecule is O=C(COC(=O)Cc1c[nH]c2ccccc12)NNC(=O)[C@H]1COc2ccccc2O1. The summed E-state index contributed by atoms with van der Waals surface area (Å²) in [6, 6.07) is 14.5. The maximum Gasteiger partial charge on any atom is 0.310 e. The lowest BCUT2D eigenvalue weighted by Gasteiger charge is -2.25. The van der Waals surface area contributed by atoms with E-state index in [0.29, 0.717) is 11.5 Å². The summed E-state index contributed by atoms with van der Waals surface area (Å²) in [7, 11) is 0. The van der Waals surface area contributed by atoms with E-state index in [1.807, 2.05) is 24.3 Å². The van der Waals surface area contributed by atoms with Crippen LogP contribution in [0.15, 0.2) is 54.7 Å². The lowest BCUT2D eigenvalue weighted by Crippen LogP contribution is -2.51. The first-order valence-corrected chi connectivity index (χ1v) is 9.28. The smallest absolute Gasteiger partial charge is 0.310 e. The van der Waals surface area contributed by atoms with Crippen LogP contribution < -0.4 is 20.3 Å². The Labute approximate surface area is 171 Å². The highest BCUT2D eigenvalue weighted by atomic mass is 16.6. The summed E-state index contributed by atoms with van der Waals surface area (Å²) in [5.41, 5.74) is 6.12. The van der Waals surface area contributed by atoms with Crippen molar-refractivity contribution in [2.75, 3.05) is 13.2 Å². The molecule has 0 saturated carbocycles. The monoisotopic (exact) mass is 409 g/mol. The van der Waals surface area contributed by atoms with E-state index in [4.69, 9.17) is 14.2 Å². The van der Waals surface area contributed by atoms with Gasteiger partial charge in [-0.3, -0.25) is 25.2 Å². The summed E-state index contributed by atoms with van der Waals surface area (Å²) in [5.74, 6) is -0.813. The highest BCUT2D eigenvalue weighted by Gasteiger charge is 2.27. The van der Waals surface area contributed by atoms with E-state index < -0.39 is 30.5 Å². The van der Waals surface area contributed by atoms with Crippen LogP contribution in [-0.4, -0.2) is 42.1 Å². The summed E-state index contributed by atoms with van der Waals surface area (Å²) >= 11 is 0. The number of carbonyl (C=O) groups is 3. The molecule has 1 aromatic heterocycles. The number of amides is 2. The molecule has 0 unspecified atom stereocenters. The van der Waals surface area contributed by atoms with Crippen molar-refractivity contribution in [3.8, 4) is 11.5 Å². The Morgan fingerprint density at radius 1 is 1.03 bits per heavy atom. The quantitative estimate of drug-likeness (QED) is 0.431. The second kappa shape index (κ2) is 8.56. The fraction of sp³-hybridized carbons (Fsp3) is 0.190. The van der Waals surface area contributed by atoms with Gasteiger partial charge in [0, 0.05) is 17.1 Å². The standard InChI is InChI=1S/C21H19N3O6/c25-19(12-29-20(26)9-13-10-22-15-6-2-1-5-14(13)15)23-24-21(27)18-11-28-16-7-3-4-8-17(16)30-18/h1-8,10,18,22H,9,11-12H2,(H,23,25)(H,24,27)/t18-/m1/s1. The van der Waals surface area contributed by atoms with Crippen molar-refractivity contribution < 1.29 is 28.6 Å². The van der Waals surface area contributed by atoms with Gasteiger partial charge in [-0.05, 0) is 23.8 Å². The van der Waals surface area contributed by atoms with E-state index in [0.717, 1.165) is 16.5 Å². The summed E-state index contributed by atoms with van der Waals surface area (Å²) in [4.78, 5) is 39.1. The fourth-order valence-electron chi connectivity index (χ4n) is 3.03. The van der Waals surface area contributed by atoms with E-state index >= 15 is 0 Å². The maximum atomic E-state index is 12.1. The van der Waals surface area contributed by atoms with Gasteiger partial charge in [0.2, 0.25) is 6.10 Å². The molecule has 1 atom stereocenters. The number of H-pyrrole nitrogens is 1. The third kappa shape index (κ3) is 4.35. The van der Waals surface area contributed by atoms with Gasteiger partial charge < -0.3 is 19.2 Å². The molecule has 0 bridgehead atoms. The van der Waals surface area contributed by atoms with Crippen LogP contribution in [0.25, 0.3) is 10.9 Å². The number of rotatable bonds is 5. The molecule has 9 heteroatoms. The largest absolute Gasteiger partial charge is 0.485 e. The zero-order valence-electron chi connectivity index (χ0n) is 15.8. The number of esters is 1. The Hall–Kier alpha value is -4.01. The average molecular weight is 409 g/mol. The first-order chi connectivity index (χ1) is 14.6. The van der Waals surface area contributed by atoms with Gasteiger partial charge in [0.25, 0.3) is 11.8 Å². The number of hydrogen-bond donors (Lipinski definition) is 3. The fourth-order valence-corrected chi connectivity index (χ4v) is 3.03. The Kier molecular flexibility index (Phi) is 5.51. The van der Waals surface area contributed by atoms with Crippen LogP contribution in [0, 0.1) is 0 Å². The van der Waals surface area contributed by atoms with Crippen LogP contribution in [0.1, 0.15) is 5.56 Å². The van der Waals surface area contributed by atoms with Gasteiger partial charge >= 0.3 is 5.97 Å². The van der Waals surface area contributed by atoms with E-state index in [1.54, 1.807) is 30.5 Å². The van der Waals surface area contributed by atoms with Gasteiger partial charge in [0.05, 0.1) is 6.42 Å². The van der Waals surface area contributed by atoms with Crippen LogP contribution in [-0.2, 0) is 25.5 Å². The molecule has 2 aromatic carbocycles. The molecule has 2 heterocycles. The number of fused-ring (bicyclic) bond motifs is 2. The number of nitrogens with one attached hydrogen (secondary N) is 3. The van der Waals surface area contributed by atoms with E-state index in [1.165, 1.54) is 0 Å². The van der Waals surface area contributed by atoms with E-state index in [2.05, 4.69) is 15.8 Å². The molecule has 1 aliphatic heterocycles. The van der Waals surface area contributed by atoms with Gasteiger partial charge in [-0.15, -0.1) is 0 Å². The highest BCUT2D eigenvalue weighted by Crippen LogP contribution is 2.30. The number of aromatic nitrogens is 1. The van der Waals surface area contributed by atoms with Crippen LogP contribution in [0.2, 0.25) is 0 Å². The number of benzene rings is 2. The van der Waals surface area contributed by atoms with Gasteiger partial charge in [0.15, 0.2) is 18.1 Å². The molecule has 0 radical (unpaired) electrons. The normalized spacial score (nSPS) is 14.7. The number of aromatic amines is 1. The Balaban J connectivity index is 1.20. The Morgan fingerprint density at radius 2 is 1.80 bits per heavy atom. The average Bonchev–Trinajstić information content (AvgIpc) is 3.18. The van der Waals surface area contributed by atoms with Crippen molar-refractivity contribution in [2.45, 2.75) is 12.5 Å². The molecule has 3 N–H and O–H groups in total. The molecule has 0 saturated heterocycles. The molecular weight excluding hydrogens is 390 g/mol. The number of ether oxygens (including phenoxy) is 3. The summed E-state index contributed by atoms with van der Waals surface area (Å²) in [5, 5.41) is 0.919. The third-order valence-electron chi connectivity index (χ3n) is 4.50. The topological polar surface area (TPSA) is 119 Å². The number of para-hydroxylation sites is 3. The van der Waals surface area contributed by atoms with Crippen molar-refractivity contribution in [2.24, 2.45) is 0 Å². The van der Waals surface area contributed by atoms with Gasteiger partial charge in [0.1, 0.15) is 6.61 Å². The van der Waals surface area contributed by atoms with Crippen LogP contribution in [0.5, 0.6) is 11.5 Å². The second-order valence-electron chi connectivity index (χ2n) is 6.60. The lowest BCUT2D eigenvalue weighted by atomic mass is 10.1. The third-order valence-corrected chi connectivity index (χ3v) is 4.50. The second-order valence-corrected chi connectivity index (χ2v) is 6.60. The summed E-state index contributed by atoms with van der Waals surface area (Å²) in [6.45, 7) is -0.509. The maximum absolute atomic E-state index is 12.1. The van der Waals surface area contributed by atoms with Crippen molar-refractivity contribution in [3.05, 3.63) is 60.3 Å². The van der Waals surface area contributed by atoms with Crippen LogP contribution in [0.3, 0.4) is 0 Å². The first kappa shape index (κ1) is 19.3. The Morgan fingerprint density at radius 3 is 2.67 bits per heavy atom. The first-order valence-electron chi connectivity index (χ1n) is 9.28. The molecule has 4 rings (SSSR count). The Bertz CT molecular complexity index is 1090. The van der Waals surface area contributed by atoms with Crippen molar-refractivity contribution in [3.63, 3.8) is 0 Å². The minimum absolute atomic E-state index is 0.0122. The van der Waals surface area contributed by atoms with Crippen molar-refractivity contribution in [1.82, 2.24) is 15.8 Å². The molecule has 9 nitrogen and oxygen atoms in total. The minimum Gasteiger partial charge on any atom is -0.485 e. The predicted molar refractivity (Wildman–Crippen MR) is 106 cm³/mol. The van der Waals surface area contributed by atoms with Gasteiger partial charge in [-0.2, -0.15) is 0 Å². The lowest BCUT2D eigenvalue weighted by molar-refractivity contribution is -0.148. The van der Waals surface area contributed by atoms with E-state index in [-0.39, 0.29) is 13.0 Å². The van der Waals surface area contributed by atoms with Crippen molar-refractivity contribution >= 4 is 28.7 Å². The van der Waals surface area contributed by atoms with Gasteiger partial charge in [-0.1, -0.05) is 30.3 Å². The molecule has 0 fully saturated rings. The van der Waals surface area contributed by atoms with E-state index in [9.17, 15) is 14.4 Å². The molecule has 0 spiro atoms. The molecule has 1 aliphatic rings. The number of hydrazine groups is 1. The molecule has 30 heavy (non-hydrogen) atoms. The minimum atomic E-state index is -0.912. The molecule has 154 valence electrons. The summed E-state index contributed by atoms with van der Waals surface area (Å²) < 4.78 is 16.0. The molecule has 0 aliphatic carbocycles. The molecular formula is C21H19N3O6. The number of hydrogen-bond acceptors (Lipinski definition) is 6. The van der Waals surface area contributed by atoms with Crippen LogP contribution >= 0.6 is 0 Å². The zero-order chi connectivity index (χ0) is 20.9.